The molecule has 3 nitrogen and oxygen atoms in total. The van der Waals surface area contributed by atoms with Gasteiger partial charge in [-0.25, -0.2) is 0 Å². The third kappa shape index (κ3) is 4.35. The van der Waals surface area contributed by atoms with E-state index in [1.807, 2.05) is 26.0 Å². The van der Waals surface area contributed by atoms with Crippen molar-refractivity contribution in [3.05, 3.63) is 29.8 Å². The zero-order chi connectivity index (χ0) is 14.7. The Morgan fingerprint density at radius 1 is 1.11 bits per heavy atom. The van der Waals surface area contributed by atoms with Crippen LogP contribution >= 0.6 is 0 Å². The minimum Gasteiger partial charge on any atom is -0.330 e. The summed E-state index contributed by atoms with van der Waals surface area (Å²) in [7, 11) is 0. The molecule has 0 atom stereocenters. The van der Waals surface area contributed by atoms with E-state index < -0.39 is 5.41 Å². The molecule has 0 heterocycles. The molecule has 1 rings (SSSR count). The van der Waals surface area contributed by atoms with E-state index >= 15 is 0 Å². The monoisotopic (exact) mass is 262 g/mol. The van der Waals surface area contributed by atoms with Gasteiger partial charge in [0.15, 0.2) is 0 Å². The summed E-state index contributed by atoms with van der Waals surface area (Å²) in [4.78, 5) is 12.1. The third-order valence-corrected chi connectivity index (χ3v) is 3.39. The molecule has 0 fully saturated rings. The number of carbonyl (C=O) groups excluding carboxylic acids is 1. The fourth-order valence-corrected chi connectivity index (χ4v) is 1.83. The van der Waals surface area contributed by atoms with Crippen LogP contribution in [0.3, 0.4) is 0 Å². The Morgan fingerprint density at radius 3 is 2.05 bits per heavy atom. The highest BCUT2D eigenvalue weighted by atomic mass is 16.2. The van der Waals surface area contributed by atoms with Gasteiger partial charge in [-0.3, -0.25) is 4.79 Å². The molecular weight excluding hydrogens is 236 g/mol. The van der Waals surface area contributed by atoms with Crippen LogP contribution in [-0.4, -0.2) is 12.5 Å². The van der Waals surface area contributed by atoms with E-state index in [2.05, 4.69) is 38.2 Å². The standard InChI is InChI=1S/C16H26N2O/c1-15(2,3)12-6-8-13(9-7-12)18-14(19)16(4,5)10-11-17/h6-9H,10-11,17H2,1-5H3,(H,18,19). The number of amides is 1. The number of carbonyl (C=O) groups is 1. The molecule has 0 aromatic heterocycles. The summed E-state index contributed by atoms with van der Waals surface area (Å²) in [6.45, 7) is 10.9. The Bertz CT molecular complexity index is 427. The van der Waals surface area contributed by atoms with E-state index in [9.17, 15) is 4.79 Å². The zero-order valence-electron chi connectivity index (χ0n) is 12.7. The molecule has 1 amide bonds. The second kappa shape index (κ2) is 5.74. The Labute approximate surface area is 116 Å². The van der Waals surface area contributed by atoms with E-state index in [0.717, 1.165) is 5.69 Å². The predicted molar refractivity (Wildman–Crippen MR) is 81.2 cm³/mol. The first kappa shape index (κ1) is 15.7. The second-order valence-corrected chi connectivity index (χ2v) is 6.70. The number of nitrogens with two attached hydrogens (primary N) is 1. The number of hydrogen-bond acceptors (Lipinski definition) is 2. The van der Waals surface area contributed by atoms with Crippen molar-refractivity contribution in [1.29, 1.82) is 0 Å². The summed E-state index contributed by atoms with van der Waals surface area (Å²) < 4.78 is 0. The highest BCUT2D eigenvalue weighted by molar-refractivity contribution is 5.94. The van der Waals surface area contributed by atoms with Crippen molar-refractivity contribution in [3.63, 3.8) is 0 Å². The molecule has 3 N–H and O–H groups in total. The second-order valence-electron chi connectivity index (χ2n) is 6.70. The average Bonchev–Trinajstić information content (AvgIpc) is 2.28. The maximum atomic E-state index is 12.1. The van der Waals surface area contributed by atoms with E-state index in [1.54, 1.807) is 0 Å². The Hall–Kier alpha value is -1.35. The zero-order valence-corrected chi connectivity index (χ0v) is 12.7. The van der Waals surface area contributed by atoms with Crippen LogP contribution in [0.1, 0.15) is 46.6 Å². The van der Waals surface area contributed by atoms with Crippen molar-refractivity contribution in [1.82, 2.24) is 0 Å². The van der Waals surface area contributed by atoms with E-state index in [4.69, 9.17) is 5.73 Å². The molecule has 0 radical (unpaired) electrons. The lowest BCUT2D eigenvalue weighted by Gasteiger charge is -2.23. The van der Waals surface area contributed by atoms with Crippen LogP contribution in [0, 0.1) is 5.41 Å². The average molecular weight is 262 g/mol. The van der Waals surface area contributed by atoms with Crippen molar-refractivity contribution in [2.45, 2.75) is 46.5 Å². The third-order valence-electron chi connectivity index (χ3n) is 3.39. The SMILES string of the molecule is CC(C)(CCN)C(=O)Nc1ccc(C(C)(C)C)cc1. The molecule has 106 valence electrons. The lowest BCUT2D eigenvalue weighted by Crippen LogP contribution is -2.32. The molecule has 0 aliphatic heterocycles. The van der Waals surface area contributed by atoms with Crippen LogP contribution in [0.15, 0.2) is 24.3 Å². The van der Waals surface area contributed by atoms with Crippen LogP contribution in [0.2, 0.25) is 0 Å². The van der Waals surface area contributed by atoms with Gasteiger partial charge >= 0.3 is 0 Å². The molecule has 0 bridgehead atoms. The predicted octanol–water partition coefficient (Wildman–Crippen LogP) is 3.30. The van der Waals surface area contributed by atoms with Gasteiger partial charge in [0.25, 0.3) is 0 Å². The Balaban J connectivity index is 2.76. The van der Waals surface area contributed by atoms with Gasteiger partial charge in [-0.15, -0.1) is 0 Å². The topological polar surface area (TPSA) is 55.1 Å². The van der Waals surface area contributed by atoms with Crippen molar-refractivity contribution in [2.24, 2.45) is 11.1 Å². The fourth-order valence-electron chi connectivity index (χ4n) is 1.83. The summed E-state index contributed by atoms with van der Waals surface area (Å²) in [6, 6.07) is 8.03. The number of nitrogens with one attached hydrogen (secondary N) is 1. The molecule has 0 aliphatic rings. The first-order valence-electron chi connectivity index (χ1n) is 6.79. The van der Waals surface area contributed by atoms with Gasteiger partial charge in [0.05, 0.1) is 0 Å². The van der Waals surface area contributed by atoms with Gasteiger partial charge < -0.3 is 11.1 Å². The largest absolute Gasteiger partial charge is 0.330 e. The lowest BCUT2D eigenvalue weighted by atomic mass is 9.86. The van der Waals surface area contributed by atoms with Gasteiger partial charge in [0.1, 0.15) is 0 Å². The van der Waals surface area contributed by atoms with Gasteiger partial charge in [0, 0.05) is 11.1 Å². The van der Waals surface area contributed by atoms with Gasteiger partial charge in [-0.1, -0.05) is 46.8 Å². The summed E-state index contributed by atoms with van der Waals surface area (Å²) in [5, 5.41) is 2.95. The van der Waals surface area contributed by atoms with Crippen LogP contribution < -0.4 is 11.1 Å². The van der Waals surface area contributed by atoms with Crippen molar-refractivity contribution in [3.8, 4) is 0 Å². The maximum absolute atomic E-state index is 12.1. The van der Waals surface area contributed by atoms with Crippen LogP contribution in [0.25, 0.3) is 0 Å². The molecule has 3 heteroatoms. The van der Waals surface area contributed by atoms with Gasteiger partial charge in [-0.2, -0.15) is 0 Å². The molecule has 1 aromatic rings. The van der Waals surface area contributed by atoms with Crippen LogP contribution in [0.5, 0.6) is 0 Å². The molecule has 0 saturated heterocycles. The number of rotatable bonds is 4. The van der Waals surface area contributed by atoms with E-state index in [0.29, 0.717) is 13.0 Å². The first-order valence-corrected chi connectivity index (χ1v) is 6.79. The van der Waals surface area contributed by atoms with E-state index in [1.165, 1.54) is 5.56 Å². The molecule has 0 saturated carbocycles. The molecule has 19 heavy (non-hydrogen) atoms. The molecule has 0 spiro atoms. The van der Waals surface area contributed by atoms with Gasteiger partial charge in [0.2, 0.25) is 5.91 Å². The van der Waals surface area contributed by atoms with Gasteiger partial charge in [-0.05, 0) is 36.1 Å². The quantitative estimate of drug-likeness (QED) is 0.874. The summed E-state index contributed by atoms with van der Waals surface area (Å²) >= 11 is 0. The van der Waals surface area contributed by atoms with Crippen molar-refractivity contribution >= 4 is 11.6 Å². The highest BCUT2D eigenvalue weighted by Crippen LogP contribution is 2.25. The minimum absolute atomic E-state index is 0.0152. The minimum atomic E-state index is -0.433. The number of benzene rings is 1. The maximum Gasteiger partial charge on any atom is 0.230 e. The normalized spacial score (nSPS) is 12.3. The highest BCUT2D eigenvalue weighted by Gasteiger charge is 2.26. The molecular formula is C16H26N2O. The number of anilines is 1. The van der Waals surface area contributed by atoms with Crippen LogP contribution in [-0.2, 0) is 10.2 Å². The first-order chi connectivity index (χ1) is 8.66. The number of hydrogen-bond donors (Lipinski definition) is 2. The summed E-state index contributed by atoms with van der Waals surface area (Å²) in [5.41, 5.74) is 7.32. The molecule has 0 aliphatic carbocycles. The van der Waals surface area contributed by atoms with Crippen LogP contribution in [0.4, 0.5) is 5.69 Å². The summed E-state index contributed by atoms with van der Waals surface area (Å²) in [5.74, 6) is 0.0152. The molecule has 1 aromatic carbocycles. The Kier molecular flexibility index (Phi) is 4.75. The summed E-state index contributed by atoms with van der Waals surface area (Å²) in [6.07, 6.45) is 0.679. The van der Waals surface area contributed by atoms with Crippen molar-refractivity contribution in [2.75, 3.05) is 11.9 Å². The Morgan fingerprint density at radius 2 is 1.63 bits per heavy atom. The smallest absolute Gasteiger partial charge is 0.230 e. The van der Waals surface area contributed by atoms with Crippen molar-refractivity contribution < 1.29 is 4.79 Å². The fraction of sp³-hybridized carbons (Fsp3) is 0.562. The lowest BCUT2D eigenvalue weighted by molar-refractivity contribution is -0.124. The molecule has 0 unspecified atom stereocenters. The van der Waals surface area contributed by atoms with E-state index in [-0.39, 0.29) is 11.3 Å².